The van der Waals surface area contributed by atoms with Crippen LogP contribution in [-0.2, 0) is 6.42 Å². The number of rotatable bonds is 3. The molecule has 1 atom stereocenters. The van der Waals surface area contributed by atoms with E-state index in [1.165, 1.54) is 5.56 Å². The number of hydrogen-bond donors (Lipinski definition) is 1. The molecule has 0 fully saturated rings. The SMILES string of the molecule is CCc1cc(NC2CCOc3ccccc32)nc(C)n1. The molecule has 1 N–H and O–H groups in total. The number of hydrogen-bond acceptors (Lipinski definition) is 4. The summed E-state index contributed by atoms with van der Waals surface area (Å²) in [6, 6.07) is 10.5. The fourth-order valence-corrected chi connectivity index (χ4v) is 2.56. The van der Waals surface area contributed by atoms with Gasteiger partial charge in [0, 0.05) is 23.7 Å². The van der Waals surface area contributed by atoms with Crippen LogP contribution >= 0.6 is 0 Å². The Labute approximate surface area is 119 Å². The molecule has 1 aromatic heterocycles. The van der Waals surface area contributed by atoms with E-state index in [0.717, 1.165) is 42.5 Å². The van der Waals surface area contributed by atoms with Crippen LogP contribution in [-0.4, -0.2) is 16.6 Å². The van der Waals surface area contributed by atoms with Crippen LogP contribution in [0.5, 0.6) is 5.75 Å². The van der Waals surface area contributed by atoms with Gasteiger partial charge in [-0.1, -0.05) is 25.1 Å². The zero-order valence-corrected chi connectivity index (χ0v) is 11.9. The average Bonchev–Trinajstić information content (AvgIpc) is 2.47. The Morgan fingerprint density at radius 1 is 1.30 bits per heavy atom. The van der Waals surface area contributed by atoms with Crippen LogP contribution in [0.25, 0.3) is 0 Å². The molecular formula is C16H19N3O. The lowest BCUT2D eigenvalue weighted by Gasteiger charge is -2.27. The Balaban J connectivity index is 1.87. The molecule has 104 valence electrons. The summed E-state index contributed by atoms with van der Waals surface area (Å²) in [5.74, 6) is 2.68. The van der Waals surface area contributed by atoms with Crippen LogP contribution < -0.4 is 10.1 Å². The molecule has 0 aliphatic carbocycles. The van der Waals surface area contributed by atoms with Gasteiger partial charge in [-0.3, -0.25) is 0 Å². The zero-order valence-electron chi connectivity index (χ0n) is 11.9. The molecule has 4 heteroatoms. The molecule has 4 nitrogen and oxygen atoms in total. The summed E-state index contributed by atoms with van der Waals surface area (Å²) in [5.41, 5.74) is 2.27. The van der Waals surface area contributed by atoms with Crippen molar-refractivity contribution < 1.29 is 4.74 Å². The first-order valence-electron chi connectivity index (χ1n) is 7.09. The van der Waals surface area contributed by atoms with Crippen molar-refractivity contribution in [3.8, 4) is 5.75 Å². The average molecular weight is 269 g/mol. The van der Waals surface area contributed by atoms with E-state index >= 15 is 0 Å². The second-order valence-corrected chi connectivity index (χ2v) is 5.02. The maximum Gasteiger partial charge on any atom is 0.130 e. The molecule has 0 saturated heterocycles. The first-order chi connectivity index (χ1) is 9.76. The third kappa shape index (κ3) is 2.59. The van der Waals surface area contributed by atoms with Gasteiger partial charge < -0.3 is 10.1 Å². The number of para-hydroxylation sites is 1. The molecule has 20 heavy (non-hydrogen) atoms. The van der Waals surface area contributed by atoms with Gasteiger partial charge >= 0.3 is 0 Å². The van der Waals surface area contributed by atoms with E-state index in [9.17, 15) is 0 Å². The summed E-state index contributed by atoms with van der Waals surface area (Å²) in [6.07, 6.45) is 1.87. The summed E-state index contributed by atoms with van der Waals surface area (Å²) in [7, 11) is 0. The highest BCUT2D eigenvalue weighted by Crippen LogP contribution is 2.33. The number of nitrogens with one attached hydrogen (secondary N) is 1. The fraction of sp³-hybridized carbons (Fsp3) is 0.375. The van der Waals surface area contributed by atoms with Gasteiger partial charge in [-0.25, -0.2) is 9.97 Å². The molecule has 1 aliphatic heterocycles. The van der Waals surface area contributed by atoms with Crippen molar-refractivity contribution >= 4 is 5.82 Å². The van der Waals surface area contributed by atoms with Crippen LogP contribution in [0.1, 0.15) is 36.5 Å². The Kier molecular flexibility index (Phi) is 3.54. The number of aryl methyl sites for hydroxylation is 2. The molecule has 3 rings (SSSR count). The Morgan fingerprint density at radius 2 is 2.15 bits per heavy atom. The first kappa shape index (κ1) is 12.9. The van der Waals surface area contributed by atoms with Crippen molar-refractivity contribution in [2.45, 2.75) is 32.7 Å². The summed E-state index contributed by atoms with van der Waals surface area (Å²) in [4.78, 5) is 8.90. The first-order valence-corrected chi connectivity index (χ1v) is 7.09. The minimum atomic E-state index is 0.249. The van der Waals surface area contributed by atoms with E-state index in [4.69, 9.17) is 4.74 Å². The quantitative estimate of drug-likeness (QED) is 0.929. The molecule has 0 bridgehead atoms. The lowest BCUT2D eigenvalue weighted by atomic mass is 10.0. The van der Waals surface area contributed by atoms with Crippen molar-refractivity contribution in [2.75, 3.05) is 11.9 Å². The Hall–Kier alpha value is -2.10. The Bertz CT molecular complexity index is 612. The third-order valence-electron chi connectivity index (χ3n) is 3.53. The molecule has 0 radical (unpaired) electrons. The van der Waals surface area contributed by atoms with E-state index < -0.39 is 0 Å². The Morgan fingerprint density at radius 3 is 3.00 bits per heavy atom. The largest absolute Gasteiger partial charge is 0.493 e. The lowest BCUT2D eigenvalue weighted by Crippen LogP contribution is -2.21. The molecule has 0 amide bonds. The van der Waals surface area contributed by atoms with Gasteiger partial charge in [-0.15, -0.1) is 0 Å². The monoisotopic (exact) mass is 269 g/mol. The van der Waals surface area contributed by atoms with Crippen LogP contribution in [0, 0.1) is 6.92 Å². The summed E-state index contributed by atoms with van der Waals surface area (Å²) in [5, 5.41) is 3.52. The minimum absolute atomic E-state index is 0.249. The zero-order chi connectivity index (χ0) is 13.9. The van der Waals surface area contributed by atoms with Crippen LogP contribution in [0.3, 0.4) is 0 Å². The number of nitrogens with zero attached hydrogens (tertiary/aromatic N) is 2. The molecule has 1 unspecified atom stereocenters. The highest BCUT2D eigenvalue weighted by molar-refractivity contribution is 5.45. The lowest BCUT2D eigenvalue weighted by molar-refractivity contribution is 0.274. The van der Waals surface area contributed by atoms with Crippen LogP contribution in [0.2, 0.25) is 0 Å². The normalized spacial score (nSPS) is 17.2. The summed E-state index contributed by atoms with van der Waals surface area (Å²) < 4.78 is 5.69. The van der Waals surface area contributed by atoms with Gasteiger partial charge in [-0.2, -0.15) is 0 Å². The van der Waals surface area contributed by atoms with Crippen LogP contribution in [0.4, 0.5) is 5.82 Å². The molecular weight excluding hydrogens is 250 g/mol. The van der Waals surface area contributed by atoms with Gasteiger partial charge in [0.25, 0.3) is 0 Å². The second-order valence-electron chi connectivity index (χ2n) is 5.02. The number of benzene rings is 1. The van der Waals surface area contributed by atoms with Gasteiger partial charge in [0.1, 0.15) is 17.4 Å². The number of anilines is 1. The van der Waals surface area contributed by atoms with E-state index in [2.05, 4.69) is 28.3 Å². The predicted molar refractivity (Wildman–Crippen MR) is 79.1 cm³/mol. The predicted octanol–water partition coefficient (Wildman–Crippen LogP) is 3.28. The fourth-order valence-electron chi connectivity index (χ4n) is 2.56. The van der Waals surface area contributed by atoms with Gasteiger partial charge in [-0.05, 0) is 19.4 Å². The maximum absolute atomic E-state index is 5.69. The van der Waals surface area contributed by atoms with Crippen molar-refractivity contribution in [1.29, 1.82) is 0 Å². The molecule has 0 saturated carbocycles. The molecule has 0 spiro atoms. The molecule has 1 aliphatic rings. The smallest absolute Gasteiger partial charge is 0.130 e. The van der Waals surface area contributed by atoms with E-state index in [-0.39, 0.29) is 6.04 Å². The highest BCUT2D eigenvalue weighted by Gasteiger charge is 2.21. The van der Waals surface area contributed by atoms with Gasteiger partial charge in [0.2, 0.25) is 0 Å². The van der Waals surface area contributed by atoms with Crippen molar-refractivity contribution in [2.24, 2.45) is 0 Å². The number of aromatic nitrogens is 2. The van der Waals surface area contributed by atoms with Gasteiger partial charge in [0.05, 0.1) is 12.6 Å². The van der Waals surface area contributed by atoms with Crippen molar-refractivity contribution in [1.82, 2.24) is 9.97 Å². The second kappa shape index (κ2) is 5.49. The van der Waals surface area contributed by atoms with E-state index in [0.29, 0.717) is 0 Å². The number of ether oxygens (including phenoxy) is 1. The van der Waals surface area contributed by atoms with Gasteiger partial charge in [0.15, 0.2) is 0 Å². The van der Waals surface area contributed by atoms with Crippen LogP contribution in [0.15, 0.2) is 30.3 Å². The topological polar surface area (TPSA) is 47.0 Å². The molecule has 1 aromatic carbocycles. The number of fused-ring (bicyclic) bond motifs is 1. The standard InChI is InChI=1S/C16H19N3O/c1-3-12-10-16(18-11(2)17-12)19-14-8-9-20-15-7-5-4-6-13(14)15/h4-7,10,14H,3,8-9H2,1-2H3,(H,17,18,19). The summed E-state index contributed by atoms with van der Waals surface area (Å²) >= 11 is 0. The third-order valence-corrected chi connectivity index (χ3v) is 3.53. The van der Waals surface area contributed by atoms with Crippen molar-refractivity contribution in [3.63, 3.8) is 0 Å². The molecule has 2 aromatic rings. The molecule has 2 heterocycles. The van der Waals surface area contributed by atoms with Crippen molar-refractivity contribution in [3.05, 3.63) is 47.4 Å². The maximum atomic E-state index is 5.69. The summed E-state index contributed by atoms with van der Waals surface area (Å²) in [6.45, 7) is 4.77. The highest BCUT2D eigenvalue weighted by atomic mass is 16.5. The van der Waals surface area contributed by atoms with E-state index in [1.54, 1.807) is 0 Å². The minimum Gasteiger partial charge on any atom is -0.493 e. The van der Waals surface area contributed by atoms with E-state index in [1.807, 2.05) is 31.2 Å².